The van der Waals surface area contributed by atoms with Gasteiger partial charge in [-0.05, 0) is 38.7 Å². The van der Waals surface area contributed by atoms with E-state index in [1.165, 1.54) is 5.56 Å². The van der Waals surface area contributed by atoms with Gasteiger partial charge in [-0.15, -0.1) is 0 Å². The lowest BCUT2D eigenvalue weighted by Gasteiger charge is -2.24. The van der Waals surface area contributed by atoms with Gasteiger partial charge in [-0.3, -0.25) is 4.79 Å². The molecule has 0 aliphatic heterocycles. The molecule has 106 valence electrons. The van der Waals surface area contributed by atoms with Crippen LogP contribution >= 0.6 is 0 Å². The largest absolute Gasteiger partial charge is 0.355 e. The van der Waals surface area contributed by atoms with Gasteiger partial charge in [-0.2, -0.15) is 0 Å². The molecule has 1 amide bonds. The lowest BCUT2D eigenvalue weighted by Crippen LogP contribution is -2.45. The standard InChI is InChI=1S/C16H26N2O/c1-4-16(2,3)18-13-15(19)17-12-8-11-14-9-6-5-7-10-14/h5-7,9-10,18H,4,8,11-13H2,1-3H3,(H,17,19). The fourth-order valence-corrected chi connectivity index (χ4v) is 1.67. The van der Waals surface area contributed by atoms with E-state index in [-0.39, 0.29) is 11.4 Å². The highest BCUT2D eigenvalue weighted by Gasteiger charge is 2.14. The average molecular weight is 262 g/mol. The summed E-state index contributed by atoms with van der Waals surface area (Å²) in [7, 11) is 0. The molecule has 0 saturated carbocycles. The molecule has 0 radical (unpaired) electrons. The Bertz CT molecular complexity index is 374. The van der Waals surface area contributed by atoms with Crippen LogP contribution in [0.4, 0.5) is 0 Å². The molecule has 0 fully saturated rings. The first-order valence-corrected chi connectivity index (χ1v) is 7.09. The van der Waals surface area contributed by atoms with E-state index < -0.39 is 0 Å². The topological polar surface area (TPSA) is 41.1 Å². The van der Waals surface area contributed by atoms with Crippen LogP contribution in [0.3, 0.4) is 0 Å². The SMILES string of the molecule is CCC(C)(C)NCC(=O)NCCCc1ccccc1. The summed E-state index contributed by atoms with van der Waals surface area (Å²) in [6, 6.07) is 10.3. The van der Waals surface area contributed by atoms with Gasteiger partial charge in [0.1, 0.15) is 0 Å². The van der Waals surface area contributed by atoms with Crippen molar-refractivity contribution < 1.29 is 4.79 Å². The minimum Gasteiger partial charge on any atom is -0.355 e. The van der Waals surface area contributed by atoms with Crippen LogP contribution in [-0.2, 0) is 11.2 Å². The molecule has 1 rings (SSSR count). The van der Waals surface area contributed by atoms with Crippen molar-refractivity contribution in [2.45, 2.75) is 45.6 Å². The molecule has 0 unspecified atom stereocenters. The maximum atomic E-state index is 11.6. The summed E-state index contributed by atoms with van der Waals surface area (Å²) in [4.78, 5) is 11.6. The molecule has 0 spiro atoms. The molecule has 0 aliphatic rings. The third-order valence-electron chi connectivity index (χ3n) is 3.42. The van der Waals surface area contributed by atoms with E-state index in [2.05, 4.69) is 43.5 Å². The maximum absolute atomic E-state index is 11.6. The van der Waals surface area contributed by atoms with Crippen LogP contribution in [0.5, 0.6) is 0 Å². The summed E-state index contributed by atoms with van der Waals surface area (Å²) in [5.41, 5.74) is 1.35. The number of hydrogen-bond acceptors (Lipinski definition) is 2. The summed E-state index contributed by atoms with van der Waals surface area (Å²) in [6.45, 7) is 7.46. The fraction of sp³-hybridized carbons (Fsp3) is 0.562. The molecule has 0 aliphatic carbocycles. The van der Waals surface area contributed by atoms with Crippen LogP contribution in [0.15, 0.2) is 30.3 Å². The lowest BCUT2D eigenvalue weighted by atomic mass is 10.0. The first kappa shape index (κ1) is 15.7. The Balaban J connectivity index is 2.11. The first-order valence-electron chi connectivity index (χ1n) is 7.09. The minimum atomic E-state index is 0.0291. The van der Waals surface area contributed by atoms with Crippen LogP contribution in [0.25, 0.3) is 0 Å². The van der Waals surface area contributed by atoms with Crippen molar-refractivity contribution in [3.8, 4) is 0 Å². The predicted octanol–water partition coefficient (Wildman–Crippen LogP) is 2.51. The van der Waals surface area contributed by atoms with Crippen molar-refractivity contribution in [1.82, 2.24) is 10.6 Å². The summed E-state index contributed by atoms with van der Waals surface area (Å²) in [5, 5.41) is 6.20. The molecule has 3 heteroatoms. The summed E-state index contributed by atoms with van der Waals surface area (Å²) < 4.78 is 0. The smallest absolute Gasteiger partial charge is 0.233 e. The number of benzene rings is 1. The van der Waals surface area contributed by atoms with E-state index in [4.69, 9.17) is 0 Å². The molecule has 0 bridgehead atoms. The van der Waals surface area contributed by atoms with Gasteiger partial charge in [-0.25, -0.2) is 0 Å². The normalized spacial score (nSPS) is 11.3. The van der Waals surface area contributed by atoms with Crippen molar-refractivity contribution in [3.05, 3.63) is 35.9 Å². The minimum absolute atomic E-state index is 0.0291. The number of amides is 1. The van der Waals surface area contributed by atoms with E-state index in [0.717, 1.165) is 25.8 Å². The quantitative estimate of drug-likeness (QED) is 0.707. The Labute approximate surface area is 116 Å². The average Bonchev–Trinajstić information content (AvgIpc) is 2.43. The highest BCUT2D eigenvalue weighted by molar-refractivity contribution is 5.78. The number of carbonyl (C=O) groups is 1. The number of nitrogens with one attached hydrogen (secondary N) is 2. The first-order chi connectivity index (χ1) is 9.03. The van der Waals surface area contributed by atoms with Crippen molar-refractivity contribution >= 4 is 5.91 Å². The Hall–Kier alpha value is -1.35. The maximum Gasteiger partial charge on any atom is 0.233 e. The second-order valence-electron chi connectivity index (χ2n) is 5.53. The zero-order chi connectivity index (χ0) is 14.1. The van der Waals surface area contributed by atoms with Crippen LogP contribution in [0.2, 0.25) is 0 Å². The Morgan fingerprint density at radius 3 is 2.53 bits per heavy atom. The summed E-state index contributed by atoms with van der Waals surface area (Å²) >= 11 is 0. The van der Waals surface area contributed by atoms with Crippen LogP contribution < -0.4 is 10.6 Å². The van der Waals surface area contributed by atoms with Crippen LogP contribution in [0.1, 0.15) is 39.2 Å². The zero-order valence-corrected chi connectivity index (χ0v) is 12.3. The van der Waals surface area contributed by atoms with Crippen LogP contribution in [0, 0.1) is 0 Å². The van der Waals surface area contributed by atoms with Gasteiger partial charge in [0, 0.05) is 12.1 Å². The molecule has 1 aromatic carbocycles. The molecule has 0 aromatic heterocycles. The van der Waals surface area contributed by atoms with Crippen molar-refractivity contribution in [2.24, 2.45) is 0 Å². The Morgan fingerprint density at radius 1 is 1.21 bits per heavy atom. The number of hydrogen-bond donors (Lipinski definition) is 2. The molecule has 3 nitrogen and oxygen atoms in total. The molecule has 2 N–H and O–H groups in total. The van der Waals surface area contributed by atoms with E-state index >= 15 is 0 Å². The van der Waals surface area contributed by atoms with Gasteiger partial charge in [-0.1, -0.05) is 37.3 Å². The second-order valence-corrected chi connectivity index (χ2v) is 5.53. The highest BCUT2D eigenvalue weighted by atomic mass is 16.1. The van der Waals surface area contributed by atoms with Crippen LogP contribution in [-0.4, -0.2) is 24.5 Å². The third-order valence-corrected chi connectivity index (χ3v) is 3.42. The van der Waals surface area contributed by atoms with Crippen molar-refractivity contribution in [2.75, 3.05) is 13.1 Å². The monoisotopic (exact) mass is 262 g/mol. The number of aryl methyl sites for hydroxylation is 1. The summed E-state index contributed by atoms with van der Waals surface area (Å²) in [5.74, 6) is 0.0783. The molecule has 19 heavy (non-hydrogen) atoms. The zero-order valence-electron chi connectivity index (χ0n) is 12.3. The lowest BCUT2D eigenvalue weighted by molar-refractivity contribution is -0.120. The Kier molecular flexibility index (Phi) is 6.57. The van der Waals surface area contributed by atoms with Gasteiger partial charge in [0.05, 0.1) is 6.54 Å². The van der Waals surface area contributed by atoms with E-state index in [1.54, 1.807) is 0 Å². The van der Waals surface area contributed by atoms with E-state index in [9.17, 15) is 4.79 Å². The molecular weight excluding hydrogens is 236 g/mol. The van der Waals surface area contributed by atoms with Gasteiger partial charge < -0.3 is 10.6 Å². The number of carbonyl (C=O) groups excluding carboxylic acids is 1. The van der Waals surface area contributed by atoms with Gasteiger partial charge in [0.25, 0.3) is 0 Å². The van der Waals surface area contributed by atoms with E-state index in [0.29, 0.717) is 6.54 Å². The third kappa shape index (κ3) is 6.97. The molecule has 0 heterocycles. The molecule has 0 saturated heterocycles. The Morgan fingerprint density at radius 2 is 1.89 bits per heavy atom. The second kappa shape index (κ2) is 7.95. The molecular formula is C16H26N2O. The van der Waals surface area contributed by atoms with Crippen molar-refractivity contribution in [1.29, 1.82) is 0 Å². The molecule has 1 aromatic rings. The van der Waals surface area contributed by atoms with E-state index in [1.807, 2.05) is 18.2 Å². The fourth-order valence-electron chi connectivity index (χ4n) is 1.67. The van der Waals surface area contributed by atoms with Gasteiger partial charge >= 0.3 is 0 Å². The van der Waals surface area contributed by atoms with Crippen molar-refractivity contribution in [3.63, 3.8) is 0 Å². The molecule has 0 atom stereocenters. The predicted molar refractivity (Wildman–Crippen MR) is 80.1 cm³/mol. The highest BCUT2D eigenvalue weighted by Crippen LogP contribution is 2.05. The number of rotatable bonds is 8. The van der Waals surface area contributed by atoms with Gasteiger partial charge in [0.15, 0.2) is 0 Å². The summed E-state index contributed by atoms with van der Waals surface area (Å²) in [6.07, 6.45) is 3.00. The van der Waals surface area contributed by atoms with Gasteiger partial charge in [0.2, 0.25) is 5.91 Å².